The number of benzene rings is 1. The predicted octanol–water partition coefficient (Wildman–Crippen LogP) is 2.47. The quantitative estimate of drug-likeness (QED) is 0.465. The lowest BCUT2D eigenvalue weighted by atomic mass is 9.87. The number of aromatic amines is 1. The first kappa shape index (κ1) is 22.6. The number of nitrogens with zero attached hydrogens (tertiary/aromatic N) is 2. The lowest BCUT2D eigenvalue weighted by Gasteiger charge is -2.37. The summed E-state index contributed by atoms with van der Waals surface area (Å²) in [5, 5.41) is 7.17. The zero-order chi connectivity index (χ0) is 23.9. The Bertz CT molecular complexity index is 1330. The molecule has 4 amide bonds. The molecule has 2 aliphatic heterocycles. The van der Waals surface area contributed by atoms with E-state index >= 15 is 0 Å². The van der Waals surface area contributed by atoms with Crippen molar-refractivity contribution in [3.8, 4) is 11.1 Å². The summed E-state index contributed by atoms with van der Waals surface area (Å²) in [7, 11) is 0. The van der Waals surface area contributed by atoms with E-state index in [1.165, 1.54) is 23.1 Å². The molecule has 34 heavy (non-hydrogen) atoms. The van der Waals surface area contributed by atoms with Gasteiger partial charge in [-0.2, -0.15) is 0 Å². The number of urea groups is 1. The maximum absolute atomic E-state index is 12.9. The zero-order valence-corrected chi connectivity index (χ0v) is 20.1. The molecule has 4 heterocycles. The van der Waals surface area contributed by atoms with E-state index in [0.29, 0.717) is 47.7 Å². The third-order valence-electron chi connectivity index (χ3n) is 6.34. The van der Waals surface area contributed by atoms with Crippen molar-refractivity contribution in [2.45, 2.75) is 36.3 Å². The van der Waals surface area contributed by atoms with Crippen molar-refractivity contribution in [3.05, 3.63) is 51.9 Å². The van der Waals surface area contributed by atoms with E-state index < -0.39 is 11.6 Å². The molecular weight excluding hydrogens is 474 g/mol. The van der Waals surface area contributed by atoms with Gasteiger partial charge in [-0.15, -0.1) is 23.1 Å². The van der Waals surface area contributed by atoms with Crippen LogP contribution in [0.3, 0.4) is 0 Å². The molecule has 3 N–H and O–H groups in total. The molecule has 176 valence electrons. The van der Waals surface area contributed by atoms with Crippen LogP contribution in [0.25, 0.3) is 21.3 Å². The number of thioether (sulfide) groups is 1. The number of piperidine rings is 1. The first-order valence-corrected chi connectivity index (χ1v) is 12.9. The van der Waals surface area contributed by atoms with Crippen LogP contribution in [0.4, 0.5) is 4.79 Å². The highest BCUT2D eigenvalue weighted by molar-refractivity contribution is 7.99. The molecule has 0 aliphatic carbocycles. The van der Waals surface area contributed by atoms with Gasteiger partial charge in [-0.25, -0.2) is 9.78 Å². The second-order valence-corrected chi connectivity index (χ2v) is 10.7. The summed E-state index contributed by atoms with van der Waals surface area (Å²) < 4.78 is 0. The number of hydrogen-bond acceptors (Lipinski definition) is 7. The van der Waals surface area contributed by atoms with Gasteiger partial charge in [-0.3, -0.25) is 19.7 Å². The lowest BCUT2D eigenvalue weighted by Crippen LogP contribution is -2.56. The van der Waals surface area contributed by atoms with E-state index in [1.54, 1.807) is 4.90 Å². The number of likely N-dealkylation sites (tertiary alicyclic amines) is 1. The number of aromatic nitrogens is 2. The molecule has 0 unspecified atom stereocenters. The molecule has 1 spiro atoms. The number of H-pyrrole nitrogens is 1. The van der Waals surface area contributed by atoms with Crippen LogP contribution in [-0.2, 0) is 15.3 Å². The number of carbonyl (C=O) groups is 3. The Kier molecular flexibility index (Phi) is 5.90. The first-order chi connectivity index (χ1) is 16.4. The second kappa shape index (κ2) is 8.88. The minimum absolute atomic E-state index is 0.0319. The number of imide groups is 1. The third-order valence-corrected chi connectivity index (χ3v) is 8.35. The molecular formula is C23H23N5O4S2. The lowest BCUT2D eigenvalue weighted by molar-refractivity contribution is -0.135. The summed E-state index contributed by atoms with van der Waals surface area (Å²) in [5.41, 5.74) is 0.757. The van der Waals surface area contributed by atoms with Crippen LogP contribution < -0.4 is 16.2 Å². The van der Waals surface area contributed by atoms with Crippen molar-refractivity contribution in [2.75, 3.05) is 13.1 Å². The van der Waals surface area contributed by atoms with Gasteiger partial charge in [-0.05, 0) is 25.3 Å². The summed E-state index contributed by atoms with van der Waals surface area (Å²) in [6.07, 6.45) is 0.780. The molecule has 3 aromatic rings. The summed E-state index contributed by atoms with van der Waals surface area (Å²) >= 11 is 2.84. The van der Waals surface area contributed by atoms with Crippen LogP contribution in [0, 0.1) is 0 Å². The van der Waals surface area contributed by atoms with Gasteiger partial charge >= 0.3 is 6.03 Å². The van der Waals surface area contributed by atoms with E-state index in [2.05, 4.69) is 20.6 Å². The van der Waals surface area contributed by atoms with E-state index in [0.717, 1.165) is 11.1 Å². The summed E-state index contributed by atoms with van der Waals surface area (Å²) in [4.78, 5) is 59.2. The van der Waals surface area contributed by atoms with Gasteiger partial charge in [0.15, 0.2) is 0 Å². The van der Waals surface area contributed by atoms with Crippen molar-refractivity contribution in [3.63, 3.8) is 0 Å². The molecule has 5 rings (SSSR count). The standard InChI is InChI=1S/C23H23N5O4S2/c1-13(20(30)28-9-7-23(8-10-28)21(31)26-22(32)27-23)33-12-16-24-18(29)17-15(11-34-19(17)25-16)14-5-3-2-4-6-14/h2-6,11,13H,7-10,12H2,1H3,(H,24,25,29)(H2,26,27,31,32)/t13-/m0/s1. The van der Waals surface area contributed by atoms with Crippen LogP contribution >= 0.6 is 23.1 Å². The number of nitrogens with one attached hydrogen (secondary N) is 3. The summed E-state index contributed by atoms with van der Waals surface area (Å²) in [6, 6.07) is 9.26. The Morgan fingerprint density at radius 1 is 1.21 bits per heavy atom. The molecule has 2 fully saturated rings. The van der Waals surface area contributed by atoms with E-state index in [-0.39, 0.29) is 22.6 Å². The molecule has 1 atom stereocenters. The highest BCUT2D eigenvalue weighted by Gasteiger charge is 2.48. The number of fused-ring (bicyclic) bond motifs is 1. The fourth-order valence-electron chi connectivity index (χ4n) is 4.41. The van der Waals surface area contributed by atoms with E-state index in [9.17, 15) is 19.2 Å². The third kappa shape index (κ3) is 4.09. The summed E-state index contributed by atoms with van der Waals surface area (Å²) in [5.74, 6) is 0.580. The SMILES string of the molecule is C[C@H](SCc1nc2scc(-c3ccccc3)c2c(=O)[nH]1)C(=O)N1CCC2(CC1)NC(=O)NC2=O. The van der Waals surface area contributed by atoms with Gasteiger partial charge in [0.1, 0.15) is 16.2 Å². The van der Waals surface area contributed by atoms with Gasteiger partial charge in [0.25, 0.3) is 11.5 Å². The smallest absolute Gasteiger partial charge is 0.322 e. The Morgan fingerprint density at radius 3 is 2.62 bits per heavy atom. The van der Waals surface area contributed by atoms with E-state index in [1.807, 2.05) is 42.6 Å². The Balaban J connectivity index is 1.22. The Morgan fingerprint density at radius 2 is 1.94 bits per heavy atom. The average molecular weight is 498 g/mol. The van der Waals surface area contributed by atoms with Gasteiger partial charge in [0.2, 0.25) is 5.91 Å². The van der Waals surface area contributed by atoms with Crippen LogP contribution in [0.1, 0.15) is 25.6 Å². The maximum atomic E-state index is 12.9. The Hall–Kier alpha value is -3.18. The molecule has 11 heteroatoms. The largest absolute Gasteiger partial charge is 0.342 e. The number of rotatable bonds is 5. The van der Waals surface area contributed by atoms with Crippen molar-refractivity contribution in [2.24, 2.45) is 0 Å². The van der Waals surface area contributed by atoms with Gasteiger partial charge in [0.05, 0.1) is 16.4 Å². The minimum Gasteiger partial charge on any atom is -0.342 e. The maximum Gasteiger partial charge on any atom is 0.322 e. The average Bonchev–Trinajstić information content (AvgIpc) is 3.38. The molecule has 1 aromatic carbocycles. The van der Waals surface area contributed by atoms with Crippen LogP contribution in [0.2, 0.25) is 0 Å². The number of carbonyl (C=O) groups excluding carboxylic acids is 3. The topological polar surface area (TPSA) is 124 Å². The number of hydrogen-bond donors (Lipinski definition) is 3. The molecule has 0 saturated carbocycles. The normalized spacial score (nSPS) is 18.2. The van der Waals surface area contributed by atoms with Crippen molar-refractivity contribution in [1.29, 1.82) is 0 Å². The van der Waals surface area contributed by atoms with Crippen LogP contribution in [-0.4, -0.2) is 56.6 Å². The van der Waals surface area contributed by atoms with Crippen LogP contribution in [0.15, 0.2) is 40.5 Å². The fraction of sp³-hybridized carbons (Fsp3) is 0.348. The van der Waals surface area contributed by atoms with Crippen molar-refractivity contribution >= 4 is 51.2 Å². The first-order valence-electron chi connectivity index (χ1n) is 11.0. The van der Waals surface area contributed by atoms with Gasteiger partial charge in [0, 0.05) is 24.0 Å². The molecule has 2 aliphatic rings. The fourth-order valence-corrected chi connectivity index (χ4v) is 6.22. The van der Waals surface area contributed by atoms with Crippen molar-refractivity contribution in [1.82, 2.24) is 25.5 Å². The van der Waals surface area contributed by atoms with E-state index in [4.69, 9.17) is 0 Å². The highest BCUT2D eigenvalue weighted by atomic mass is 32.2. The van der Waals surface area contributed by atoms with Gasteiger partial charge in [-0.1, -0.05) is 30.3 Å². The monoisotopic (exact) mass is 497 g/mol. The molecule has 2 saturated heterocycles. The Labute approximate surface area is 203 Å². The van der Waals surface area contributed by atoms with Gasteiger partial charge < -0.3 is 15.2 Å². The number of thiophene rings is 1. The highest BCUT2D eigenvalue weighted by Crippen LogP contribution is 2.31. The second-order valence-electron chi connectivity index (χ2n) is 8.48. The summed E-state index contributed by atoms with van der Waals surface area (Å²) in [6.45, 7) is 2.63. The van der Waals surface area contributed by atoms with Crippen molar-refractivity contribution < 1.29 is 14.4 Å². The number of amides is 4. The van der Waals surface area contributed by atoms with Crippen LogP contribution in [0.5, 0.6) is 0 Å². The predicted molar refractivity (Wildman–Crippen MR) is 132 cm³/mol. The molecule has 0 bridgehead atoms. The minimum atomic E-state index is -0.900. The zero-order valence-electron chi connectivity index (χ0n) is 18.4. The molecule has 9 nitrogen and oxygen atoms in total. The molecule has 0 radical (unpaired) electrons. The molecule has 2 aromatic heterocycles.